The molecule has 0 atom stereocenters. The van der Waals surface area contributed by atoms with Gasteiger partial charge in [0.1, 0.15) is 5.75 Å². The van der Waals surface area contributed by atoms with Gasteiger partial charge in [-0.3, -0.25) is 9.78 Å². The lowest BCUT2D eigenvalue weighted by Gasteiger charge is -2.10. The van der Waals surface area contributed by atoms with Gasteiger partial charge in [0.15, 0.2) is 0 Å². The van der Waals surface area contributed by atoms with Gasteiger partial charge in [-0.05, 0) is 29.0 Å². The zero-order chi connectivity index (χ0) is 17.6. The molecule has 0 aliphatic carbocycles. The molecular weight excluding hydrogens is 328 g/mol. The van der Waals surface area contributed by atoms with Crippen molar-refractivity contribution in [3.8, 4) is 5.75 Å². The number of hydrogen-bond donors (Lipinski definition) is 1. The number of halogens is 2. The Balaban J connectivity index is 1.89. The van der Waals surface area contributed by atoms with Gasteiger partial charge in [-0.2, -0.15) is 13.9 Å². The number of ether oxygens (including phenoxy) is 1. The number of alkyl halides is 2. The second kappa shape index (κ2) is 7.48. The molecule has 3 rings (SSSR count). The second-order valence-electron chi connectivity index (χ2n) is 5.02. The Bertz CT molecular complexity index is 915. The molecule has 1 amide bonds. The third-order valence-electron chi connectivity index (χ3n) is 3.43. The molecule has 0 aliphatic heterocycles. The van der Waals surface area contributed by atoms with E-state index in [0.717, 1.165) is 5.39 Å². The standard InChI is InChI=1S/C18H13F2N3O2/c19-18(20)25-16-8-7-12-4-1-2-6-14(12)15(16)11-22-23-17(24)13-5-3-9-21-10-13/h1-11,18H,(H,23,24)/b22-11-. The first-order valence-corrected chi connectivity index (χ1v) is 7.35. The van der Waals surface area contributed by atoms with Crippen LogP contribution in [-0.4, -0.2) is 23.7 Å². The van der Waals surface area contributed by atoms with Crippen LogP contribution >= 0.6 is 0 Å². The second-order valence-corrected chi connectivity index (χ2v) is 5.02. The summed E-state index contributed by atoms with van der Waals surface area (Å²) in [4.78, 5) is 15.8. The molecule has 2 aromatic carbocycles. The molecule has 0 bridgehead atoms. The maximum atomic E-state index is 12.6. The van der Waals surface area contributed by atoms with Crippen LogP contribution in [0.1, 0.15) is 15.9 Å². The zero-order valence-electron chi connectivity index (χ0n) is 12.9. The lowest BCUT2D eigenvalue weighted by molar-refractivity contribution is -0.0498. The Morgan fingerprint density at radius 3 is 2.76 bits per heavy atom. The Morgan fingerprint density at radius 2 is 2.00 bits per heavy atom. The summed E-state index contributed by atoms with van der Waals surface area (Å²) in [5.74, 6) is -0.478. The Morgan fingerprint density at radius 1 is 1.16 bits per heavy atom. The molecule has 0 fully saturated rings. The van der Waals surface area contributed by atoms with Crippen molar-refractivity contribution < 1.29 is 18.3 Å². The average Bonchev–Trinajstić information content (AvgIpc) is 2.63. The SMILES string of the molecule is O=C(N/N=C\c1c(OC(F)F)ccc2ccccc12)c1cccnc1. The van der Waals surface area contributed by atoms with Crippen LogP contribution in [0.2, 0.25) is 0 Å². The molecule has 0 radical (unpaired) electrons. The summed E-state index contributed by atoms with van der Waals surface area (Å²) in [5, 5.41) is 5.38. The predicted octanol–water partition coefficient (Wildman–Crippen LogP) is 3.60. The van der Waals surface area contributed by atoms with E-state index in [1.807, 2.05) is 12.1 Å². The van der Waals surface area contributed by atoms with E-state index in [4.69, 9.17) is 0 Å². The molecule has 0 aliphatic rings. The number of benzene rings is 2. The number of hydrogen-bond acceptors (Lipinski definition) is 4. The molecule has 7 heteroatoms. The Kier molecular flexibility index (Phi) is 4.94. The van der Waals surface area contributed by atoms with Gasteiger partial charge in [0, 0.05) is 18.0 Å². The van der Waals surface area contributed by atoms with Crippen molar-refractivity contribution in [2.45, 2.75) is 6.61 Å². The average molecular weight is 341 g/mol. The van der Waals surface area contributed by atoms with Crippen LogP contribution in [0.5, 0.6) is 5.75 Å². The van der Waals surface area contributed by atoms with Gasteiger partial charge < -0.3 is 4.74 Å². The number of rotatable bonds is 5. The molecule has 1 aromatic heterocycles. The van der Waals surface area contributed by atoms with E-state index in [2.05, 4.69) is 20.2 Å². The first kappa shape index (κ1) is 16.5. The fourth-order valence-electron chi connectivity index (χ4n) is 2.32. The summed E-state index contributed by atoms with van der Waals surface area (Å²) in [6.45, 7) is -2.96. The summed E-state index contributed by atoms with van der Waals surface area (Å²) in [7, 11) is 0. The van der Waals surface area contributed by atoms with E-state index in [0.29, 0.717) is 16.5 Å². The zero-order valence-corrected chi connectivity index (χ0v) is 12.9. The van der Waals surface area contributed by atoms with E-state index in [9.17, 15) is 13.6 Å². The number of nitrogens with zero attached hydrogens (tertiary/aromatic N) is 2. The molecule has 0 saturated carbocycles. The number of amides is 1. The van der Waals surface area contributed by atoms with Crippen molar-refractivity contribution in [1.29, 1.82) is 0 Å². The largest absolute Gasteiger partial charge is 0.434 e. The minimum absolute atomic E-state index is 0.0203. The highest BCUT2D eigenvalue weighted by molar-refractivity contribution is 6.03. The maximum absolute atomic E-state index is 12.6. The molecule has 0 unspecified atom stereocenters. The lowest BCUT2D eigenvalue weighted by atomic mass is 10.0. The van der Waals surface area contributed by atoms with Gasteiger partial charge in [-0.15, -0.1) is 0 Å². The van der Waals surface area contributed by atoms with E-state index in [-0.39, 0.29) is 5.75 Å². The molecule has 3 aromatic rings. The summed E-state index contributed by atoms with van der Waals surface area (Å²) in [5.41, 5.74) is 3.03. The number of hydrazone groups is 1. The van der Waals surface area contributed by atoms with Gasteiger partial charge in [-0.25, -0.2) is 5.43 Å². The number of aromatic nitrogens is 1. The number of pyridine rings is 1. The highest BCUT2D eigenvalue weighted by atomic mass is 19.3. The van der Waals surface area contributed by atoms with Crippen molar-refractivity contribution in [3.63, 3.8) is 0 Å². The van der Waals surface area contributed by atoms with Gasteiger partial charge in [0.2, 0.25) is 0 Å². The van der Waals surface area contributed by atoms with E-state index in [1.54, 1.807) is 36.5 Å². The van der Waals surface area contributed by atoms with Crippen molar-refractivity contribution in [2.24, 2.45) is 5.10 Å². The van der Waals surface area contributed by atoms with E-state index in [1.165, 1.54) is 18.5 Å². The molecular formula is C18H13F2N3O2. The monoisotopic (exact) mass is 341 g/mol. The molecule has 5 nitrogen and oxygen atoms in total. The molecule has 1 N–H and O–H groups in total. The smallest absolute Gasteiger partial charge is 0.387 e. The van der Waals surface area contributed by atoms with Crippen molar-refractivity contribution in [1.82, 2.24) is 10.4 Å². The highest BCUT2D eigenvalue weighted by Crippen LogP contribution is 2.27. The molecule has 126 valence electrons. The maximum Gasteiger partial charge on any atom is 0.387 e. The van der Waals surface area contributed by atoms with Crippen LogP contribution in [-0.2, 0) is 0 Å². The van der Waals surface area contributed by atoms with E-state index < -0.39 is 12.5 Å². The quantitative estimate of drug-likeness (QED) is 0.570. The highest BCUT2D eigenvalue weighted by Gasteiger charge is 2.12. The van der Waals surface area contributed by atoms with Gasteiger partial charge in [-0.1, -0.05) is 30.3 Å². The van der Waals surface area contributed by atoms with Crippen LogP contribution in [0.4, 0.5) is 8.78 Å². The molecule has 0 spiro atoms. The minimum atomic E-state index is -2.96. The number of carbonyl (C=O) groups excluding carboxylic acids is 1. The first-order chi connectivity index (χ1) is 12.1. The summed E-state index contributed by atoms with van der Waals surface area (Å²) < 4.78 is 29.8. The summed E-state index contributed by atoms with van der Waals surface area (Å²) in [6, 6.07) is 13.5. The Labute approximate surface area is 142 Å². The number of fused-ring (bicyclic) bond motifs is 1. The third kappa shape index (κ3) is 3.95. The summed E-state index contributed by atoms with van der Waals surface area (Å²) in [6.07, 6.45) is 4.23. The first-order valence-electron chi connectivity index (χ1n) is 7.35. The van der Waals surface area contributed by atoms with Crippen molar-refractivity contribution >= 4 is 22.9 Å². The van der Waals surface area contributed by atoms with Crippen molar-refractivity contribution in [3.05, 3.63) is 72.1 Å². The fourth-order valence-corrected chi connectivity index (χ4v) is 2.32. The van der Waals surface area contributed by atoms with E-state index >= 15 is 0 Å². The predicted molar refractivity (Wildman–Crippen MR) is 89.9 cm³/mol. The summed E-state index contributed by atoms with van der Waals surface area (Å²) >= 11 is 0. The third-order valence-corrected chi connectivity index (χ3v) is 3.43. The van der Waals surface area contributed by atoms with Crippen LogP contribution in [0.3, 0.4) is 0 Å². The van der Waals surface area contributed by atoms with Crippen LogP contribution in [0.15, 0.2) is 66.0 Å². The minimum Gasteiger partial charge on any atom is -0.434 e. The topological polar surface area (TPSA) is 63.6 Å². The van der Waals surface area contributed by atoms with Gasteiger partial charge in [0.25, 0.3) is 5.91 Å². The van der Waals surface area contributed by atoms with Crippen molar-refractivity contribution in [2.75, 3.05) is 0 Å². The number of nitrogens with one attached hydrogen (secondary N) is 1. The van der Waals surface area contributed by atoms with Crippen LogP contribution < -0.4 is 10.2 Å². The van der Waals surface area contributed by atoms with Crippen LogP contribution in [0, 0.1) is 0 Å². The van der Waals surface area contributed by atoms with Crippen LogP contribution in [0.25, 0.3) is 10.8 Å². The van der Waals surface area contributed by atoms with Gasteiger partial charge >= 0.3 is 6.61 Å². The number of carbonyl (C=O) groups is 1. The Hall–Kier alpha value is -3.35. The normalized spacial score (nSPS) is 11.2. The lowest BCUT2D eigenvalue weighted by Crippen LogP contribution is -2.17. The molecule has 25 heavy (non-hydrogen) atoms. The molecule has 1 heterocycles. The molecule has 0 saturated heterocycles. The fraction of sp³-hybridized carbons (Fsp3) is 0.0556. The van der Waals surface area contributed by atoms with Gasteiger partial charge in [0.05, 0.1) is 11.8 Å².